The van der Waals surface area contributed by atoms with Crippen LogP contribution in [0, 0.1) is 0 Å². The van der Waals surface area contributed by atoms with E-state index in [0.29, 0.717) is 25.6 Å². The Kier molecular flexibility index (Phi) is 5.20. The van der Waals surface area contributed by atoms with E-state index in [0.717, 1.165) is 5.46 Å². The van der Waals surface area contributed by atoms with E-state index < -0.39 is 18.3 Å². The Balaban J connectivity index is 1.67. The number of rotatable bonds is 3. The molecule has 1 aromatic rings. The quantitative estimate of drug-likeness (QED) is 0.577. The van der Waals surface area contributed by atoms with Gasteiger partial charge in [-0.3, -0.25) is 4.79 Å². The van der Waals surface area contributed by atoms with Crippen molar-refractivity contribution in [2.75, 3.05) is 30.4 Å². The standard InChI is InChI=1S/C17H26BClN4O3/c1-12-11-22(6-7-23(12)14(24)8-19)15-20-9-13(10-21-15)18-25-16(2,3)17(4,5)26-18/h9-10,12H,6-8,11H2,1-5H3. The van der Waals surface area contributed by atoms with Gasteiger partial charge in [-0.1, -0.05) is 0 Å². The number of hydrogen-bond donors (Lipinski definition) is 0. The van der Waals surface area contributed by atoms with Crippen LogP contribution in [0.5, 0.6) is 0 Å². The second kappa shape index (κ2) is 6.98. The van der Waals surface area contributed by atoms with Crippen molar-refractivity contribution < 1.29 is 14.1 Å². The number of amides is 1. The van der Waals surface area contributed by atoms with Gasteiger partial charge in [0, 0.05) is 43.5 Å². The van der Waals surface area contributed by atoms with Gasteiger partial charge in [-0.15, -0.1) is 11.6 Å². The first-order chi connectivity index (χ1) is 12.1. The van der Waals surface area contributed by atoms with Crippen molar-refractivity contribution in [3.63, 3.8) is 0 Å². The molecule has 2 aliphatic heterocycles. The van der Waals surface area contributed by atoms with Crippen molar-refractivity contribution in [2.24, 2.45) is 0 Å². The zero-order chi connectivity index (χ0) is 19.1. The van der Waals surface area contributed by atoms with Crippen molar-refractivity contribution in [2.45, 2.75) is 51.9 Å². The van der Waals surface area contributed by atoms with Crippen LogP contribution in [0.2, 0.25) is 0 Å². The number of hydrogen-bond acceptors (Lipinski definition) is 6. The maximum absolute atomic E-state index is 11.8. The molecule has 0 bridgehead atoms. The Labute approximate surface area is 160 Å². The lowest BCUT2D eigenvalue weighted by Gasteiger charge is -2.39. The molecule has 142 valence electrons. The van der Waals surface area contributed by atoms with Crippen LogP contribution >= 0.6 is 11.6 Å². The highest BCUT2D eigenvalue weighted by molar-refractivity contribution is 6.61. The van der Waals surface area contributed by atoms with Gasteiger partial charge in [0.15, 0.2) is 0 Å². The lowest BCUT2D eigenvalue weighted by Crippen LogP contribution is -2.55. The van der Waals surface area contributed by atoms with Gasteiger partial charge in [-0.05, 0) is 34.6 Å². The molecule has 3 rings (SSSR count). The van der Waals surface area contributed by atoms with Gasteiger partial charge in [-0.25, -0.2) is 9.97 Å². The SMILES string of the molecule is CC1CN(c2ncc(B3OC(C)(C)C(C)(C)O3)cn2)CCN1C(=O)CCl. The zero-order valence-corrected chi connectivity index (χ0v) is 16.8. The summed E-state index contributed by atoms with van der Waals surface area (Å²) in [4.78, 5) is 24.7. The summed E-state index contributed by atoms with van der Waals surface area (Å²) >= 11 is 5.67. The summed E-state index contributed by atoms with van der Waals surface area (Å²) in [6, 6.07) is 0.0707. The van der Waals surface area contributed by atoms with Crippen LogP contribution < -0.4 is 10.4 Å². The van der Waals surface area contributed by atoms with E-state index in [1.165, 1.54) is 0 Å². The highest BCUT2D eigenvalue weighted by Crippen LogP contribution is 2.36. The Morgan fingerprint density at radius 1 is 1.23 bits per heavy atom. The molecule has 0 N–H and O–H groups in total. The second-order valence-electron chi connectivity index (χ2n) is 7.92. The van der Waals surface area contributed by atoms with Crippen molar-refractivity contribution in [3.05, 3.63) is 12.4 Å². The molecule has 7 nitrogen and oxygen atoms in total. The molecular formula is C17H26BClN4O3. The Morgan fingerprint density at radius 2 is 1.81 bits per heavy atom. The number of carbonyl (C=O) groups excluding carboxylic acids is 1. The molecule has 0 spiro atoms. The van der Waals surface area contributed by atoms with Gasteiger partial charge in [0.05, 0.1) is 11.2 Å². The van der Waals surface area contributed by atoms with Gasteiger partial charge in [0.25, 0.3) is 0 Å². The van der Waals surface area contributed by atoms with Gasteiger partial charge in [0.1, 0.15) is 5.88 Å². The van der Waals surface area contributed by atoms with Crippen molar-refractivity contribution in [1.82, 2.24) is 14.9 Å². The highest BCUT2D eigenvalue weighted by Gasteiger charge is 2.52. The van der Waals surface area contributed by atoms with Crippen LogP contribution in [0.15, 0.2) is 12.4 Å². The van der Waals surface area contributed by atoms with E-state index in [9.17, 15) is 4.79 Å². The molecule has 1 aromatic heterocycles. The van der Waals surface area contributed by atoms with E-state index in [-0.39, 0.29) is 17.8 Å². The van der Waals surface area contributed by atoms with Crippen LogP contribution in [0.3, 0.4) is 0 Å². The summed E-state index contributed by atoms with van der Waals surface area (Å²) in [6.45, 7) is 12.1. The average molecular weight is 381 g/mol. The molecule has 0 aromatic carbocycles. The highest BCUT2D eigenvalue weighted by atomic mass is 35.5. The van der Waals surface area contributed by atoms with Gasteiger partial charge >= 0.3 is 7.12 Å². The maximum Gasteiger partial charge on any atom is 0.498 e. The number of aromatic nitrogens is 2. The predicted octanol–water partition coefficient (Wildman–Crippen LogP) is 1.05. The lowest BCUT2D eigenvalue weighted by atomic mass is 9.81. The molecule has 9 heteroatoms. The molecule has 1 atom stereocenters. The number of halogens is 1. The van der Waals surface area contributed by atoms with Gasteiger partial charge in [-0.2, -0.15) is 0 Å². The number of piperazine rings is 1. The third-order valence-corrected chi connectivity index (χ3v) is 5.76. The average Bonchev–Trinajstić information content (AvgIpc) is 2.82. The summed E-state index contributed by atoms with van der Waals surface area (Å²) < 4.78 is 12.1. The van der Waals surface area contributed by atoms with Crippen molar-refractivity contribution in [1.29, 1.82) is 0 Å². The molecule has 1 amide bonds. The Morgan fingerprint density at radius 3 is 2.31 bits per heavy atom. The first-order valence-electron chi connectivity index (χ1n) is 8.92. The normalized spacial score (nSPS) is 24.8. The van der Waals surface area contributed by atoms with Crippen LogP contribution in [0.4, 0.5) is 5.95 Å². The van der Waals surface area contributed by atoms with Crippen LogP contribution in [-0.2, 0) is 14.1 Å². The third kappa shape index (κ3) is 3.55. The second-order valence-corrected chi connectivity index (χ2v) is 8.19. The third-order valence-electron chi connectivity index (χ3n) is 5.53. The van der Waals surface area contributed by atoms with E-state index in [1.54, 1.807) is 12.4 Å². The molecule has 0 radical (unpaired) electrons. The summed E-state index contributed by atoms with van der Waals surface area (Å²) in [5.74, 6) is 0.634. The number of nitrogens with zero attached hydrogens (tertiary/aromatic N) is 4. The minimum atomic E-state index is -0.467. The van der Waals surface area contributed by atoms with E-state index in [4.69, 9.17) is 20.9 Å². The summed E-state index contributed by atoms with van der Waals surface area (Å²) in [7, 11) is -0.467. The van der Waals surface area contributed by atoms with E-state index in [1.807, 2.05) is 39.5 Å². The number of alkyl halides is 1. The monoisotopic (exact) mass is 380 g/mol. The fourth-order valence-corrected chi connectivity index (χ4v) is 3.34. The first kappa shape index (κ1) is 19.4. The molecule has 26 heavy (non-hydrogen) atoms. The van der Waals surface area contributed by atoms with Gasteiger partial charge in [0.2, 0.25) is 11.9 Å². The minimum absolute atomic E-state index is 0.0175. The van der Waals surface area contributed by atoms with Crippen LogP contribution in [-0.4, -0.2) is 70.7 Å². The fraction of sp³-hybridized carbons (Fsp3) is 0.706. The molecule has 1 unspecified atom stereocenters. The predicted molar refractivity (Wildman–Crippen MR) is 102 cm³/mol. The maximum atomic E-state index is 11.8. The zero-order valence-electron chi connectivity index (χ0n) is 16.0. The number of carbonyl (C=O) groups is 1. The summed E-state index contributed by atoms with van der Waals surface area (Å²) in [5.41, 5.74) is 0.0186. The molecule has 3 heterocycles. The van der Waals surface area contributed by atoms with Crippen LogP contribution in [0.25, 0.3) is 0 Å². The summed E-state index contributed by atoms with van der Waals surface area (Å²) in [6.07, 6.45) is 3.51. The smallest absolute Gasteiger partial charge is 0.399 e. The van der Waals surface area contributed by atoms with Crippen molar-refractivity contribution in [3.8, 4) is 0 Å². The minimum Gasteiger partial charge on any atom is -0.399 e. The van der Waals surface area contributed by atoms with Gasteiger partial charge < -0.3 is 19.1 Å². The molecule has 0 saturated carbocycles. The Bertz CT molecular complexity index is 654. The molecule has 2 fully saturated rings. The molecular weight excluding hydrogens is 354 g/mol. The fourth-order valence-electron chi connectivity index (χ4n) is 3.18. The number of anilines is 1. The lowest BCUT2D eigenvalue weighted by molar-refractivity contribution is -0.130. The van der Waals surface area contributed by atoms with E-state index in [2.05, 4.69) is 14.9 Å². The van der Waals surface area contributed by atoms with Crippen LogP contribution in [0.1, 0.15) is 34.6 Å². The van der Waals surface area contributed by atoms with E-state index >= 15 is 0 Å². The topological polar surface area (TPSA) is 67.8 Å². The first-order valence-corrected chi connectivity index (χ1v) is 9.46. The van der Waals surface area contributed by atoms with Crippen molar-refractivity contribution >= 4 is 36.0 Å². The summed E-state index contributed by atoms with van der Waals surface area (Å²) in [5, 5.41) is 0. The Hall–Kier alpha value is -1.38. The molecule has 2 aliphatic rings. The molecule has 0 aliphatic carbocycles. The largest absolute Gasteiger partial charge is 0.498 e. The molecule has 2 saturated heterocycles.